The first-order chi connectivity index (χ1) is 12.8. The molecule has 0 aromatic carbocycles. The highest BCUT2D eigenvalue weighted by molar-refractivity contribution is 8.01. The second-order valence-corrected chi connectivity index (χ2v) is 7.96. The molecule has 0 bridgehead atoms. The third-order valence-electron chi connectivity index (χ3n) is 3.61. The molecule has 0 saturated carbocycles. The fourth-order valence-electron chi connectivity index (χ4n) is 2.23. The molecule has 0 saturated heterocycles. The van der Waals surface area contributed by atoms with Crippen LogP contribution < -0.4 is 16.3 Å². The van der Waals surface area contributed by atoms with Crippen molar-refractivity contribution in [3.63, 3.8) is 0 Å². The molecule has 9 nitrogen and oxygen atoms in total. The number of carbonyl (C=O) groups excluding carboxylic acids is 2. The van der Waals surface area contributed by atoms with E-state index in [4.69, 9.17) is 4.52 Å². The summed E-state index contributed by atoms with van der Waals surface area (Å²) in [6.45, 7) is 5.04. The van der Waals surface area contributed by atoms with Crippen molar-refractivity contribution in [2.75, 3.05) is 16.5 Å². The quantitative estimate of drug-likeness (QED) is 0.640. The van der Waals surface area contributed by atoms with Crippen molar-refractivity contribution in [3.05, 3.63) is 39.5 Å². The fraction of sp³-hybridized carbons (Fsp3) is 0.312. The van der Waals surface area contributed by atoms with Crippen molar-refractivity contribution < 1.29 is 14.1 Å². The summed E-state index contributed by atoms with van der Waals surface area (Å²) in [6, 6.07) is 3.27. The third kappa shape index (κ3) is 4.37. The van der Waals surface area contributed by atoms with E-state index in [0.29, 0.717) is 27.6 Å². The lowest BCUT2D eigenvalue weighted by Crippen LogP contribution is -2.36. The number of aryl methyl sites for hydroxylation is 2. The molecule has 27 heavy (non-hydrogen) atoms. The molecule has 1 unspecified atom stereocenters. The molecule has 0 radical (unpaired) electrons. The minimum absolute atomic E-state index is 0.0000159. The topological polar surface area (TPSA) is 119 Å². The van der Waals surface area contributed by atoms with Crippen LogP contribution in [0.15, 0.2) is 26.8 Å². The number of thioether (sulfide) groups is 1. The Morgan fingerprint density at radius 1 is 1.41 bits per heavy atom. The Hall–Kier alpha value is -2.66. The smallest absolute Gasteiger partial charge is 0.281 e. The fourth-order valence-corrected chi connectivity index (χ4v) is 3.71. The van der Waals surface area contributed by atoms with Gasteiger partial charge in [0.2, 0.25) is 11.8 Å². The van der Waals surface area contributed by atoms with Gasteiger partial charge < -0.3 is 9.84 Å². The van der Waals surface area contributed by atoms with Gasteiger partial charge in [-0.2, -0.15) is 0 Å². The number of anilines is 1. The van der Waals surface area contributed by atoms with Gasteiger partial charge in [-0.05, 0) is 32.2 Å². The molecule has 3 rings (SSSR count). The van der Waals surface area contributed by atoms with Gasteiger partial charge in [0, 0.05) is 6.07 Å². The average molecular weight is 407 g/mol. The highest BCUT2D eigenvalue weighted by Gasteiger charge is 2.18. The highest BCUT2D eigenvalue weighted by atomic mass is 32.2. The Morgan fingerprint density at radius 3 is 2.89 bits per heavy atom. The molecule has 142 valence electrons. The Morgan fingerprint density at radius 2 is 2.19 bits per heavy atom. The van der Waals surface area contributed by atoms with E-state index in [0.717, 1.165) is 16.4 Å². The summed E-state index contributed by atoms with van der Waals surface area (Å²) in [6.07, 6.45) is 0. The minimum atomic E-state index is -0.497. The van der Waals surface area contributed by atoms with Crippen LogP contribution in [0.1, 0.15) is 18.5 Å². The van der Waals surface area contributed by atoms with Gasteiger partial charge in [0.05, 0.1) is 16.4 Å². The molecule has 0 aliphatic heterocycles. The first-order valence-electron chi connectivity index (χ1n) is 7.97. The number of aromatic nitrogens is 3. The summed E-state index contributed by atoms with van der Waals surface area (Å²) in [5, 5.41) is 8.03. The van der Waals surface area contributed by atoms with E-state index < -0.39 is 11.2 Å². The number of amides is 2. The van der Waals surface area contributed by atoms with E-state index in [2.05, 4.69) is 20.9 Å². The van der Waals surface area contributed by atoms with Crippen LogP contribution in [0.25, 0.3) is 10.2 Å². The van der Waals surface area contributed by atoms with E-state index in [1.54, 1.807) is 38.3 Å². The number of nitrogens with zero attached hydrogens (tertiary/aromatic N) is 3. The number of thiophene rings is 1. The van der Waals surface area contributed by atoms with E-state index in [9.17, 15) is 14.4 Å². The summed E-state index contributed by atoms with van der Waals surface area (Å²) in [5.41, 5.74) is 2.21. The van der Waals surface area contributed by atoms with Gasteiger partial charge in [0.15, 0.2) is 5.82 Å². The van der Waals surface area contributed by atoms with Crippen LogP contribution >= 0.6 is 23.1 Å². The maximum Gasteiger partial charge on any atom is 0.281 e. The molecule has 3 aromatic heterocycles. The summed E-state index contributed by atoms with van der Waals surface area (Å²) in [4.78, 5) is 41.7. The van der Waals surface area contributed by atoms with Gasteiger partial charge in [-0.15, -0.1) is 23.1 Å². The zero-order valence-electron chi connectivity index (χ0n) is 14.8. The standard InChI is InChI=1S/C16H17N5O4S2/c1-8-6-12(20-25-8)18-14(23)9(2)27-7-13(22)19-21-10(3)17-15-11(16(21)24)4-5-26-15/h4-6,9H,7H2,1-3H3,(H,19,22)(H,18,20,23). The van der Waals surface area contributed by atoms with Gasteiger partial charge in [0.1, 0.15) is 16.4 Å². The average Bonchev–Trinajstić information content (AvgIpc) is 3.25. The molecule has 0 spiro atoms. The summed E-state index contributed by atoms with van der Waals surface area (Å²) in [5.74, 6) is 0.600. The number of nitrogens with one attached hydrogen (secondary N) is 2. The molecule has 0 aliphatic carbocycles. The van der Waals surface area contributed by atoms with Gasteiger partial charge in [0.25, 0.3) is 5.56 Å². The van der Waals surface area contributed by atoms with Gasteiger partial charge in [-0.25, -0.2) is 9.66 Å². The predicted molar refractivity (Wildman–Crippen MR) is 105 cm³/mol. The van der Waals surface area contributed by atoms with Crippen LogP contribution in [-0.2, 0) is 9.59 Å². The minimum Gasteiger partial charge on any atom is -0.360 e. The van der Waals surface area contributed by atoms with Crippen molar-refractivity contribution in [2.45, 2.75) is 26.0 Å². The van der Waals surface area contributed by atoms with Gasteiger partial charge >= 0.3 is 0 Å². The van der Waals surface area contributed by atoms with E-state index in [1.807, 2.05) is 0 Å². The second kappa shape index (κ2) is 7.92. The Kier molecular flexibility index (Phi) is 5.61. The van der Waals surface area contributed by atoms with Crippen LogP contribution in [0.4, 0.5) is 5.82 Å². The highest BCUT2D eigenvalue weighted by Crippen LogP contribution is 2.16. The monoisotopic (exact) mass is 407 g/mol. The summed E-state index contributed by atoms with van der Waals surface area (Å²) >= 11 is 2.50. The number of carbonyl (C=O) groups is 2. The molecule has 1 atom stereocenters. The zero-order chi connectivity index (χ0) is 19.6. The normalized spacial score (nSPS) is 12.1. The van der Waals surface area contributed by atoms with Crippen LogP contribution in [0, 0.1) is 13.8 Å². The Labute approximate surface area is 162 Å². The molecule has 2 N–H and O–H groups in total. The van der Waals surface area contributed by atoms with E-state index >= 15 is 0 Å². The zero-order valence-corrected chi connectivity index (χ0v) is 16.4. The van der Waals surface area contributed by atoms with Crippen LogP contribution in [-0.4, -0.2) is 37.6 Å². The van der Waals surface area contributed by atoms with Crippen molar-refractivity contribution in [3.8, 4) is 0 Å². The predicted octanol–water partition coefficient (Wildman–Crippen LogP) is 1.89. The van der Waals surface area contributed by atoms with Gasteiger partial charge in [-0.3, -0.25) is 19.8 Å². The van der Waals surface area contributed by atoms with E-state index in [-0.39, 0.29) is 17.2 Å². The molecular weight excluding hydrogens is 390 g/mol. The number of rotatable bonds is 6. The number of hydrogen-bond acceptors (Lipinski definition) is 8. The molecule has 2 amide bonds. The number of hydrogen-bond donors (Lipinski definition) is 2. The van der Waals surface area contributed by atoms with Crippen molar-refractivity contribution in [2.24, 2.45) is 0 Å². The first kappa shape index (κ1) is 19.1. The molecule has 11 heteroatoms. The first-order valence-corrected chi connectivity index (χ1v) is 9.90. The van der Waals surface area contributed by atoms with Gasteiger partial charge in [-0.1, -0.05) is 5.16 Å². The Bertz CT molecular complexity index is 1050. The lowest BCUT2D eigenvalue weighted by atomic mass is 10.4. The van der Waals surface area contributed by atoms with Crippen LogP contribution in [0.2, 0.25) is 0 Å². The molecule has 0 fully saturated rings. The molecular formula is C16H17N5O4S2. The Balaban J connectivity index is 1.58. The third-order valence-corrected chi connectivity index (χ3v) is 5.56. The SMILES string of the molecule is Cc1cc(NC(=O)C(C)SCC(=O)Nn2c(C)nc3sccc3c2=O)no1. The van der Waals surface area contributed by atoms with E-state index in [1.165, 1.54) is 11.3 Å². The van der Waals surface area contributed by atoms with Crippen molar-refractivity contribution in [1.82, 2.24) is 14.8 Å². The number of fused-ring (bicyclic) bond motifs is 1. The second-order valence-electron chi connectivity index (χ2n) is 5.74. The van der Waals surface area contributed by atoms with Crippen LogP contribution in [0.3, 0.4) is 0 Å². The van der Waals surface area contributed by atoms with Crippen molar-refractivity contribution >= 4 is 50.9 Å². The summed E-state index contributed by atoms with van der Waals surface area (Å²) < 4.78 is 6.01. The maximum absolute atomic E-state index is 12.4. The maximum atomic E-state index is 12.4. The largest absolute Gasteiger partial charge is 0.360 e. The van der Waals surface area contributed by atoms with Crippen molar-refractivity contribution in [1.29, 1.82) is 0 Å². The molecule has 0 aliphatic rings. The lowest BCUT2D eigenvalue weighted by molar-refractivity contribution is -0.115. The molecule has 3 aromatic rings. The summed E-state index contributed by atoms with van der Waals surface area (Å²) in [7, 11) is 0. The lowest BCUT2D eigenvalue weighted by Gasteiger charge is -2.13. The molecule has 3 heterocycles. The van der Waals surface area contributed by atoms with Crippen LogP contribution in [0.5, 0.6) is 0 Å².